The number of ether oxygens (including phenoxy) is 2. The number of benzene rings is 1. The van der Waals surface area contributed by atoms with Crippen LogP contribution in [0.5, 0.6) is 5.75 Å². The van der Waals surface area contributed by atoms with E-state index in [1.54, 1.807) is 31.4 Å². The van der Waals surface area contributed by atoms with Crippen molar-refractivity contribution < 1.29 is 19.1 Å². The highest BCUT2D eigenvalue weighted by Crippen LogP contribution is 2.25. The minimum Gasteiger partial charge on any atom is -0.497 e. The van der Waals surface area contributed by atoms with Crippen molar-refractivity contribution in [2.45, 2.75) is 44.6 Å². The van der Waals surface area contributed by atoms with Gasteiger partial charge in [-0.15, -0.1) is 0 Å². The zero-order valence-corrected chi connectivity index (χ0v) is 13.9. The molecule has 0 aliphatic heterocycles. The van der Waals surface area contributed by atoms with Crippen LogP contribution >= 0.6 is 0 Å². The number of hydrogen-bond acceptors (Lipinski definition) is 4. The van der Waals surface area contributed by atoms with E-state index in [1.165, 1.54) is 13.5 Å². The van der Waals surface area contributed by atoms with Gasteiger partial charge in [0.25, 0.3) is 5.91 Å². The average molecular weight is 319 g/mol. The summed E-state index contributed by atoms with van der Waals surface area (Å²) in [6.45, 7) is 0.405. The molecule has 0 atom stereocenters. The number of carbonyl (C=O) groups is 2. The first-order valence-electron chi connectivity index (χ1n) is 8.17. The molecule has 0 spiro atoms. The third-order valence-corrected chi connectivity index (χ3v) is 4.40. The predicted molar refractivity (Wildman–Crippen MR) is 87.5 cm³/mol. The number of methoxy groups -OCH3 is 2. The zero-order chi connectivity index (χ0) is 16.7. The van der Waals surface area contributed by atoms with Crippen LogP contribution in [-0.2, 0) is 9.53 Å². The minimum atomic E-state index is -0.284. The summed E-state index contributed by atoms with van der Waals surface area (Å²) in [4.78, 5) is 26.2. The summed E-state index contributed by atoms with van der Waals surface area (Å²) in [5.41, 5.74) is 0.626. The molecule has 0 unspecified atom stereocenters. The third-order valence-electron chi connectivity index (χ3n) is 4.40. The Labute approximate surface area is 137 Å². The number of hydrogen-bond donors (Lipinski definition) is 0. The molecule has 1 amide bonds. The lowest BCUT2D eigenvalue weighted by molar-refractivity contribution is -0.140. The zero-order valence-electron chi connectivity index (χ0n) is 13.9. The van der Waals surface area contributed by atoms with Gasteiger partial charge in [0.1, 0.15) is 5.75 Å². The van der Waals surface area contributed by atoms with Crippen LogP contribution in [0.25, 0.3) is 0 Å². The molecule has 0 heterocycles. The first-order valence-corrected chi connectivity index (χ1v) is 8.17. The van der Waals surface area contributed by atoms with Crippen molar-refractivity contribution in [2.75, 3.05) is 20.8 Å². The lowest BCUT2D eigenvalue weighted by Gasteiger charge is -2.34. The fraction of sp³-hybridized carbons (Fsp3) is 0.556. The molecule has 0 radical (unpaired) electrons. The SMILES string of the molecule is COC(=O)CCN(C(=O)c1ccc(OC)cc1)C1CCCCC1. The largest absolute Gasteiger partial charge is 0.497 e. The molecule has 5 nitrogen and oxygen atoms in total. The molecule has 0 saturated heterocycles. The first-order chi connectivity index (χ1) is 11.2. The summed E-state index contributed by atoms with van der Waals surface area (Å²) in [6, 6.07) is 7.33. The summed E-state index contributed by atoms with van der Waals surface area (Å²) in [7, 11) is 2.97. The molecule has 1 saturated carbocycles. The van der Waals surface area contributed by atoms with E-state index in [4.69, 9.17) is 9.47 Å². The monoisotopic (exact) mass is 319 g/mol. The molecule has 2 rings (SSSR count). The van der Waals surface area contributed by atoms with Gasteiger partial charge in [-0.3, -0.25) is 9.59 Å². The normalized spacial score (nSPS) is 15.0. The van der Waals surface area contributed by atoms with E-state index in [-0.39, 0.29) is 24.3 Å². The van der Waals surface area contributed by atoms with Crippen LogP contribution in [0.3, 0.4) is 0 Å². The topological polar surface area (TPSA) is 55.8 Å². The van der Waals surface area contributed by atoms with Gasteiger partial charge in [0.2, 0.25) is 0 Å². The van der Waals surface area contributed by atoms with Crippen molar-refractivity contribution in [1.82, 2.24) is 4.90 Å². The van der Waals surface area contributed by atoms with E-state index >= 15 is 0 Å². The van der Waals surface area contributed by atoms with Crippen molar-refractivity contribution in [3.05, 3.63) is 29.8 Å². The predicted octanol–water partition coefficient (Wildman–Crippen LogP) is 3.03. The number of carbonyl (C=O) groups excluding carboxylic acids is 2. The second-order valence-corrected chi connectivity index (χ2v) is 5.85. The standard InChI is InChI=1S/C18H25NO4/c1-22-16-10-8-14(9-11-16)18(21)19(13-12-17(20)23-2)15-6-4-3-5-7-15/h8-11,15H,3-7,12-13H2,1-2H3. The molecule has 0 bridgehead atoms. The van der Waals surface area contributed by atoms with Crippen molar-refractivity contribution in [3.8, 4) is 5.75 Å². The van der Waals surface area contributed by atoms with Crippen LogP contribution in [0.15, 0.2) is 24.3 Å². The van der Waals surface area contributed by atoms with Crippen molar-refractivity contribution in [3.63, 3.8) is 0 Å². The average Bonchev–Trinajstić information content (AvgIpc) is 2.62. The molecule has 1 aliphatic rings. The quantitative estimate of drug-likeness (QED) is 0.756. The van der Waals surface area contributed by atoms with Gasteiger partial charge < -0.3 is 14.4 Å². The van der Waals surface area contributed by atoms with Gasteiger partial charge in [0.05, 0.1) is 20.6 Å². The van der Waals surface area contributed by atoms with E-state index in [1.807, 2.05) is 4.90 Å². The summed E-state index contributed by atoms with van der Waals surface area (Å²) < 4.78 is 9.84. The van der Waals surface area contributed by atoms with E-state index in [0.717, 1.165) is 31.4 Å². The highest BCUT2D eigenvalue weighted by Gasteiger charge is 2.26. The maximum atomic E-state index is 12.9. The summed E-state index contributed by atoms with van der Waals surface area (Å²) in [5, 5.41) is 0. The van der Waals surface area contributed by atoms with Crippen molar-refractivity contribution in [2.24, 2.45) is 0 Å². The van der Waals surface area contributed by atoms with Gasteiger partial charge >= 0.3 is 5.97 Å². The fourth-order valence-electron chi connectivity index (χ4n) is 3.06. The van der Waals surface area contributed by atoms with Gasteiger partial charge in [0.15, 0.2) is 0 Å². The van der Waals surface area contributed by atoms with Crippen LogP contribution in [0.2, 0.25) is 0 Å². The highest BCUT2D eigenvalue weighted by molar-refractivity contribution is 5.94. The number of esters is 1. The highest BCUT2D eigenvalue weighted by atomic mass is 16.5. The lowest BCUT2D eigenvalue weighted by atomic mass is 9.93. The van der Waals surface area contributed by atoms with Crippen LogP contribution in [-0.4, -0.2) is 43.6 Å². The first kappa shape index (κ1) is 17.3. The maximum absolute atomic E-state index is 12.9. The third kappa shape index (κ3) is 4.71. The minimum absolute atomic E-state index is 0.0246. The molecular formula is C18H25NO4. The smallest absolute Gasteiger partial charge is 0.307 e. The fourth-order valence-corrected chi connectivity index (χ4v) is 3.06. The molecule has 1 fully saturated rings. The summed E-state index contributed by atoms with van der Waals surface area (Å²) in [6.07, 6.45) is 5.73. The molecule has 0 N–H and O–H groups in total. The van der Waals surface area contributed by atoms with Crippen molar-refractivity contribution >= 4 is 11.9 Å². The molecule has 5 heteroatoms. The van der Waals surface area contributed by atoms with Gasteiger partial charge in [-0.2, -0.15) is 0 Å². The Hall–Kier alpha value is -2.04. The number of nitrogens with zero attached hydrogens (tertiary/aromatic N) is 1. The molecule has 23 heavy (non-hydrogen) atoms. The Kier molecular flexibility index (Phi) is 6.44. The van der Waals surface area contributed by atoms with Gasteiger partial charge in [-0.1, -0.05) is 19.3 Å². The molecule has 1 aromatic carbocycles. The van der Waals surface area contributed by atoms with Gasteiger partial charge in [-0.25, -0.2) is 0 Å². The molecular weight excluding hydrogens is 294 g/mol. The van der Waals surface area contributed by atoms with Gasteiger partial charge in [-0.05, 0) is 37.1 Å². The van der Waals surface area contributed by atoms with Crippen LogP contribution in [0, 0.1) is 0 Å². The van der Waals surface area contributed by atoms with Gasteiger partial charge in [0, 0.05) is 18.2 Å². The number of rotatable bonds is 6. The molecule has 1 aromatic rings. The second-order valence-electron chi connectivity index (χ2n) is 5.85. The van der Waals surface area contributed by atoms with E-state index < -0.39 is 0 Å². The second kappa shape index (κ2) is 8.56. The Balaban J connectivity index is 2.12. The summed E-state index contributed by atoms with van der Waals surface area (Å²) >= 11 is 0. The van der Waals surface area contributed by atoms with Crippen LogP contribution < -0.4 is 4.74 Å². The van der Waals surface area contributed by atoms with Crippen LogP contribution in [0.4, 0.5) is 0 Å². The number of amides is 1. The Morgan fingerprint density at radius 2 is 1.74 bits per heavy atom. The summed E-state index contributed by atoms with van der Waals surface area (Å²) in [5.74, 6) is 0.414. The van der Waals surface area contributed by atoms with E-state index in [9.17, 15) is 9.59 Å². The van der Waals surface area contributed by atoms with E-state index in [2.05, 4.69) is 0 Å². The Bertz CT molecular complexity index is 520. The molecule has 1 aliphatic carbocycles. The Morgan fingerprint density at radius 1 is 1.09 bits per heavy atom. The maximum Gasteiger partial charge on any atom is 0.307 e. The lowest BCUT2D eigenvalue weighted by Crippen LogP contribution is -2.42. The van der Waals surface area contributed by atoms with Crippen LogP contribution in [0.1, 0.15) is 48.9 Å². The Morgan fingerprint density at radius 3 is 2.30 bits per heavy atom. The molecule has 0 aromatic heterocycles. The van der Waals surface area contributed by atoms with E-state index in [0.29, 0.717) is 12.1 Å². The molecule has 126 valence electrons. The van der Waals surface area contributed by atoms with Crippen molar-refractivity contribution in [1.29, 1.82) is 0 Å².